The van der Waals surface area contributed by atoms with Crippen LogP contribution in [0.5, 0.6) is 11.8 Å². The molecule has 4 heterocycles. The van der Waals surface area contributed by atoms with Crippen molar-refractivity contribution in [3.8, 4) is 23.9 Å². The van der Waals surface area contributed by atoms with Crippen LogP contribution in [0.25, 0.3) is 10.7 Å². The van der Waals surface area contributed by atoms with Crippen LogP contribution < -0.4 is 14.8 Å². The lowest BCUT2D eigenvalue weighted by Crippen LogP contribution is -2.43. The van der Waals surface area contributed by atoms with Crippen LogP contribution in [0.15, 0.2) is 35.7 Å². The first kappa shape index (κ1) is 43.3. The van der Waals surface area contributed by atoms with Crippen LogP contribution >= 0.6 is 11.6 Å². The van der Waals surface area contributed by atoms with Crippen molar-refractivity contribution >= 4 is 33.9 Å². The molecule has 14 nitrogen and oxygen atoms in total. The van der Waals surface area contributed by atoms with Crippen LogP contribution in [0.2, 0.25) is 0 Å². The maximum atomic E-state index is 12.5. The van der Waals surface area contributed by atoms with Gasteiger partial charge in [-0.2, -0.15) is 10.5 Å². The maximum Gasteiger partial charge on any atom is 0.213 e. The second kappa shape index (κ2) is 20.5. The molecule has 0 unspecified atom stereocenters. The van der Waals surface area contributed by atoms with Crippen molar-refractivity contribution in [3.63, 3.8) is 0 Å². The van der Waals surface area contributed by atoms with Crippen molar-refractivity contribution in [2.45, 2.75) is 63.6 Å². The molecule has 0 spiro atoms. The zero-order valence-electron chi connectivity index (χ0n) is 32.6. The van der Waals surface area contributed by atoms with E-state index >= 15 is 0 Å². The van der Waals surface area contributed by atoms with Gasteiger partial charge in [-0.1, -0.05) is 11.6 Å². The minimum Gasteiger partial charge on any atom is -0.475 e. The number of allylic oxidation sites excluding steroid dienone is 2. The molecule has 2 aliphatic heterocycles. The summed E-state index contributed by atoms with van der Waals surface area (Å²) in [6.07, 6.45) is 7.50. The van der Waals surface area contributed by atoms with E-state index in [9.17, 15) is 14.9 Å². The molecule has 0 bridgehead atoms. The summed E-state index contributed by atoms with van der Waals surface area (Å²) in [6, 6.07) is 7.42. The number of nitrogens with one attached hydrogen (secondary N) is 1. The Morgan fingerprint density at radius 1 is 0.745 bits per heavy atom. The predicted octanol–water partition coefficient (Wildman–Crippen LogP) is 4.45. The first-order valence-corrected chi connectivity index (χ1v) is 18.6. The van der Waals surface area contributed by atoms with Gasteiger partial charge in [-0.15, -0.1) is 0 Å². The number of methoxy groups -OCH3 is 4. The number of pyridine rings is 2. The van der Waals surface area contributed by atoms with E-state index < -0.39 is 0 Å². The second-order valence-corrected chi connectivity index (χ2v) is 14.3. The fourth-order valence-electron chi connectivity index (χ4n) is 6.42. The van der Waals surface area contributed by atoms with Crippen LogP contribution in [0.3, 0.4) is 0 Å². The average molecular weight is 779 g/mol. The minimum atomic E-state index is -0.283. The Hall–Kier alpha value is -4.41. The topological polar surface area (TPSA) is 178 Å². The molecule has 2 saturated heterocycles. The first-order chi connectivity index (χ1) is 26.4. The number of carbonyl (C=O) groups is 2. The molecule has 0 amide bonds. The van der Waals surface area contributed by atoms with E-state index in [1.807, 2.05) is 12.1 Å². The lowest BCUT2D eigenvalue weighted by molar-refractivity contribution is -0.115. The van der Waals surface area contributed by atoms with E-state index in [-0.39, 0.29) is 51.8 Å². The highest BCUT2D eigenvalue weighted by Gasteiger charge is 2.35. The monoisotopic (exact) mass is 778 g/mol. The van der Waals surface area contributed by atoms with Crippen LogP contribution in [-0.2, 0) is 41.4 Å². The normalized spacial score (nSPS) is 18.4. The number of fused-ring (bicyclic) bond motifs is 2. The number of rotatable bonds is 11. The van der Waals surface area contributed by atoms with E-state index in [0.29, 0.717) is 55.0 Å². The summed E-state index contributed by atoms with van der Waals surface area (Å²) in [6.45, 7) is 9.59. The van der Waals surface area contributed by atoms with Gasteiger partial charge in [0.2, 0.25) is 11.8 Å². The van der Waals surface area contributed by atoms with Gasteiger partial charge in [0.25, 0.3) is 0 Å². The zero-order chi connectivity index (χ0) is 40.0. The summed E-state index contributed by atoms with van der Waals surface area (Å²) < 4.78 is 31.8. The number of hydrogen-bond donors (Lipinski definition) is 1. The number of halogens is 1. The fourth-order valence-corrected chi connectivity index (χ4v) is 6.75. The third-order valence-electron chi connectivity index (χ3n) is 10.2. The number of nitrogens with zero attached hydrogens (tertiary/aromatic N) is 5. The Balaban J connectivity index is 0.000000207. The minimum absolute atomic E-state index is 0.0109. The molecule has 0 radical (unpaired) electrons. The quantitative estimate of drug-likeness (QED) is 0.317. The van der Waals surface area contributed by atoms with E-state index in [1.165, 1.54) is 0 Å². The Morgan fingerprint density at radius 3 is 1.69 bits per heavy atom. The van der Waals surface area contributed by atoms with Crippen molar-refractivity contribution < 1.29 is 38.0 Å². The summed E-state index contributed by atoms with van der Waals surface area (Å²) in [5.41, 5.74) is 3.90. The molecule has 2 aromatic heterocycles. The SMILES string of the molecule is COC1(C)CCNCC1.COCCOc1cc2c(cn1)CC(=O)C(C#N)=C2Cl.COCCOc1cc2c(cn1)CC(=O)C(C#N)=C2N1CCC(C)(OC)CC1. The van der Waals surface area contributed by atoms with Crippen molar-refractivity contribution in [1.82, 2.24) is 20.2 Å². The van der Waals surface area contributed by atoms with E-state index in [2.05, 4.69) is 40.1 Å². The molecule has 0 saturated carbocycles. The Kier molecular flexibility index (Phi) is 16.1. The maximum absolute atomic E-state index is 12.5. The number of Topliss-reactive ketones (excluding diaryl/α,β-unsaturated/α-hetero) is 2. The molecule has 296 valence electrons. The molecular formula is C40H51ClN6O8. The summed E-state index contributed by atoms with van der Waals surface area (Å²) >= 11 is 6.07. The second-order valence-electron chi connectivity index (χ2n) is 13.9. The molecule has 2 aliphatic carbocycles. The third kappa shape index (κ3) is 11.3. The van der Waals surface area contributed by atoms with Crippen molar-refractivity contribution in [3.05, 3.63) is 57.9 Å². The molecule has 2 aromatic rings. The summed E-state index contributed by atoms with van der Waals surface area (Å²) in [4.78, 5) is 34.7. The van der Waals surface area contributed by atoms with Crippen LogP contribution in [-0.4, -0.2) is 119 Å². The van der Waals surface area contributed by atoms with Crippen LogP contribution in [0.4, 0.5) is 0 Å². The number of nitriles is 2. The summed E-state index contributed by atoms with van der Waals surface area (Å²) in [5.74, 6) is 0.416. The Morgan fingerprint density at radius 2 is 1.22 bits per heavy atom. The van der Waals surface area contributed by atoms with E-state index in [4.69, 9.17) is 45.3 Å². The van der Waals surface area contributed by atoms with Crippen LogP contribution in [0.1, 0.15) is 61.8 Å². The van der Waals surface area contributed by atoms with E-state index in [0.717, 1.165) is 63.0 Å². The highest BCUT2D eigenvalue weighted by molar-refractivity contribution is 6.52. The summed E-state index contributed by atoms with van der Waals surface area (Å²) in [7, 11) is 6.71. The standard InChI is InChI=1S/C20H25N3O4.C13H11ClN2O3.C7H15NO/c1-20(26-3)4-6-23(7-5-20)19-15-11-18(27-9-8-25-2)22-13-14(15)10-17(24)16(19)12-21;1-18-2-3-19-12-5-9-8(7-16-12)4-11(17)10(6-15)13(9)14;1-7(9-2)3-5-8-6-4-7/h11,13H,4-10H2,1-3H3;5,7H,2-4H2,1H3;8H,3-6H2,1-2H3. The van der Waals surface area contributed by atoms with Crippen LogP contribution in [0, 0.1) is 22.7 Å². The van der Waals surface area contributed by atoms with Gasteiger partial charge < -0.3 is 38.6 Å². The molecule has 6 rings (SSSR count). The average Bonchev–Trinajstić information content (AvgIpc) is 3.19. The van der Waals surface area contributed by atoms with Crippen molar-refractivity contribution in [2.24, 2.45) is 0 Å². The molecule has 2 fully saturated rings. The van der Waals surface area contributed by atoms with Gasteiger partial charge in [-0.25, -0.2) is 9.97 Å². The van der Waals surface area contributed by atoms with Gasteiger partial charge in [0.1, 0.15) is 36.5 Å². The van der Waals surface area contributed by atoms with Gasteiger partial charge in [0.15, 0.2) is 11.6 Å². The Labute approximate surface area is 328 Å². The number of ether oxygens (including phenoxy) is 6. The van der Waals surface area contributed by atoms with Gasteiger partial charge in [0, 0.05) is 90.0 Å². The number of aromatic nitrogens is 2. The number of ketones is 2. The number of hydrogen-bond acceptors (Lipinski definition) is 14. The largest absolute Gasteiger partial charge is 0.475 e. The zero-order valence-corrected chi connectivity index (χ0v) is 33.3. The molecule has 0 aromatic carbocycles. The molecule has 0 atom stereocenters. The smallest absolute Gasteiger partial charge is 0.213 e. The molecule has 15 heteroatoms. The van der Waals surface area contributed by atoms with E-state index in [1.54, 1.807) is 46.9 Å². The highest BCUT2D eigenvalue weighted by Crippen LogP contribution is 2.37. The molecule has 1 N–H and O–H groups in total. The number of carbonyl (C=O) groups excluding carboxylic acids is 2. The van der Waals surface area contributed by atoms with Gasteiger partial charge in [0.05, 0.1) is 35.1 Å². The van der Waals surface area contributed by atoms with Crippen molar-refractivity contribution in [1.29, 1.82) is 10.5 Å². The number of likely N-dealkylation sites (tertiary alicyclic amines) is 1. The number of piperidine rings is 2. The highest BCUT2D eigenvalue weighted by atomic mass is 35.5. The van der Waals surface area contributed by atoms with Crippen molar-refractivity contribution in [2.75, 3.05) is 81.0 Å². The molecular weight excluding hydrogens is 728 g/mol. The summed E-state index contributed by atoms with van der Waals surface area (Å²) in [5, 5.41) is 22.0. The molecule has 55 heavy (non-hydrogen) atoms. The third-order valence-corrected chi connectivity index (χ3v) is 10.6. The van der Waals surface area contributed by atoms with Gasteiger partial charge in [-0.05, 0) is 63.7 Å². The lowest BCUT2D eigenvalue weighted by atomic mass is 9.86. The predicted molar refractivity (Wildman–Crippen MR) is 205 cm³/mol. The fraction of sp³-hybridized carbons (Fsp3) is 0.550. The van der Waals surface area contributed by atoms with Gasteiger partial charge in [-0.3, -0.25) is 9.59 Å². The Bertz CT molecular complexity index is 1820. The lowest BCUT2D eigenvalue weighted by Gasteiger charge is -2.41. The van der Waals surface area contributed by atoms with Gasteiger partial charge >= 0.3 is 0 Å². The first-order valence-electron chi connectivity index (χ1n) is 18.2. The molecule has 4 aliphatic rings.